The molecule has 0 amide bonds. The van der Waals surface area contributed by atoms with Crippen LogP contribution in [0.3, 0.4) is 0 Å². The topological polar surface area (TPSA) is 15.3 Å². The Morgan fingerprint density at radius 1 is 1.25 bits per heavy atom. The Balaban J connectivity index is 2.15. The fourth-order valence-corrected chi connectivity index (χ4v) is 2.45. The zero-order chi connectivity index (χ0) is 12.0. The Hall–Kier alpha value is -0.0800. The first-order valence-corrected chi connectivity index (χ1v) is 7.00. The molecular formula is C14H30N2. The lowest BCUT2D eigenvalue weighted by molar-refractivity contribution is 0.0960. The van der Waals surface area contributed by atoms with E-state index in [0.29, 0.717) is 5.41 Å². The van der Waals surface area contributed by atoms with Gasteiger partial charge in [-0.15, -0.1) is 0 Å². The molecule has 16 heavy (non-hydrogen) atoms. The molecular weight excluding hydrogens is 196 g/mol. The smallest absolute Gasteiger partial charge is 0.00674 e. The average Bonchev–Trinajstić information content (AvgIpc) is 2.24. The minimum atomic E-state index is 0.583. The first-order chi connectivity index (χ1) is 7.55. The summed E-state index contributed by atoms with van der Waals surface area (Å²) in [5.74, 6) is 0. The van der Waals surface area contributed by atoms with Crippen LogP contribution >= 0.6 is 0 Å². The molecule has 1 rings (SSSR count). The molecule has 1 aliphatic rings. The molecule has 96 valence electrons. The summed E-state index contributed by atoms with van der Waals surface area (Å²) < 4.78 is 0. The number of rotatable bonds is 6. The zero-order valence-electron chi connectivity index (χ0n) is 11.7. The second-order valence-electron chi connectivity index (χ2n) is 6.04. The highest BCUT2D eigenvalue weighted by atomic mass is 15.2. The molecule has 1 unspecified atom stereocenters. The number of nitrogens with one attached hydrogen (secondary N) is 1. The van der Waals surface area contributed by atoms with Crippen molar-refractivity contribution in [3.05, 3.63) is 0 Å². The van der Waals surface area contributed by atoms with Crippen LogP contribution in [-0.2, 0) is 0 Å². The first kappa shape index (κ1) is 14.0. The Kier molecular flexibility index (Phi) is 5.77. The van der Waals surface area contributed by atoms with Gasteiger partial charge in [0.25, 0.3) is 0 Å². The van der Waals surface area contributed by atoms with Crippen molar-refractivity contribution in [1.82, 2.24) is 10.2 Å². The van der Waals surface area contributed by atoms with Gasteiger partial charge in [0.1, 0.15) is 0 Å². The maximum absolute atomic E-state index is 3.40. The van der Waals surface area contributed by atoms with E-state index in [1.807, 2.05) is 0 Å². The molecule has 0 saturated carbocycles. The summed E-state index contributed by atoms with van der Waals surface area (Å²) in [5, 5.41) is 3.40. The number of piperidine rings is 1. The third kappa shape index (κ3) is 4.84. The van der Waals surface area contributed by atoms with Gasteiger partial charge in [-0.1, -0.05) is 20.8 Å². The van der Waals surface area contributed by atoms with Crippen molar-refractivity contribution in [2.75, 3.05) is 26.2 Å². The predicted octanol–water partition coefficient (Wildman–Crippen LogP) is 2.89. The predicted molar refractivity (Wildman–Crippen MR) is 71.8 cm³/mol. The molecule has 1 heterocycles. The van der Waals surface area contributed by atoms with Crippen LogP contribution in [0.2, 0.25) is 0 Å². The first-order valence-electron chi connectivity index (χ1n) is 7.00. The van der Waals surface area contributed by atoms with Gasteiger partial charge in [0.05, 0.1) is 0 Å². The SMILES string of the molecule is CCNCCCC(C)N1CCC(C)(C)CC1. The van der Waals surface area contributed by atoms with Crippen molar-refractivity contribution in [2.24, 2.45) is 5.41 Å². The molecule has 1 saturated heterocycles. The summed E-state index contributed by atoms with van der Waals surface area (Å²) in [6.07, 6.45) is 5.39. The Morgan fingerprint density at radius 3 is 2.44 bits per heavy atom. The van der Waals surface area contributed by atoms with Crippen molar-refractivity contribution in [1.29, 1.82) is 0 Å². The molecule has 0 aromatic rings. The molecule has 1 fully saturated rings. The molecule has 1 aliphatic heterocycles. The van der Waals surface area contributed by atoms with E-state index < -0.39 is 0 Å². The quantitative estimate of drug-likeness (QED) is 0.701. The third-order valence-electron chi connectivity index (χ3n) is 4.00. The molecule has 0 radical (unpaired) electrons. The van der Waals surface area contributed by atoms with E-state index >= 15 is 0 Å². The molecule has 0 bridgehead atoms. The molecule has 0 aromatic carbocycles. The van der Waals surface area contributed by atoms with E-state index in [0.717, 1.165) is 12.6 Å². The molecule has 1 atom stereocenters. The Morgan fingerprint density at radius 2 is 1.88 bits per heavy atom. The summed E-state index contributed by atoms with van der Waals surface area (Å²) in [7, 11) is 0. The van der Waals surface area contributed by atoms with Crippen molar-refractivity contribution in [2.45, 2.75) is 59.4 Å². The molecule has 1 N–H and O–H groups in total. The van der Waals surface area contributed by atoms with Gasteiger partial charge in [-0.2, -0.15) is 0 Å². The molecule has 0 aliphatic carbocycles. The maximum Gasteiger partial charge on any atom is 0.00674 e. The van der Waals surface area contributed by atoms with Crippen LogP contribution in [0.5, 0.6) is 0 Å². The van der Waals surface area contributed by atoms with Gasteiger partial charge >= 0.3 is 0 Å². The van der Waals surface area contributed by atoms with Crippen molar-refractivity contribution >= 4 is 0 Å². The van der Waals surface area contributed by atoms with E-state index in [1.54, 1.807) is 0 Å². The minimum absolute atomic E-state index is 0.583. The number of hydrogen-bond donors (Lipinski definition) is 1. The maximum atomic E-state index is 3.40. The van der Waals surface area contributed by atoms with Gasteiger partial charge in [0.15, 0.2) is 0 Å². The van der Waals surface area contributed by atoms with Gasteiger partial charge in [0, 0.05) is 6.04 Å². The van der Waals surface area contributed by atoms with Crippen LogP contribution in [0.25, 0.3) is 0 Å². The van der Waals surface area contributed by atoms with E-state index in [2.05, 4.69) is 37.9 Å². The van der Waals surface area contributed by atoms with Crippen LogP contribution in [0.4, 0.5) is 0 Å². The van der Waals surface area contributed by atoms with Crippen LogP contribution in [0, 0.1) is 5.41 Å². The highest BCUT2D eigenvalue weighted by Gasteiger charge is 2.27. The zero-order valence-corrected chi connectivity index (χ0v) is 11.7. The summed E-state index contributed by atoms with van der Waals surface area (Å²) in [6, 6.07) is 0.773. The van der Waals surface area contributed by atoms with Crippen molar-refractivity contribution in [3.63, 3.8) is 0 Å². The monoisotopic (exact) mass is 226 g/mol. The largest absolute Gasteiger partial charge is 0.317 e. The molecule has 0 aromatic heterocycles. The average molecular weight is 226 g/mol. The van der Waals surface area contributed by atoms with E-state index in [1.165, 1.54) is 45.3 Å². The van der Waals surface area contributed by atoms with Crippen molar-refractivity contribution < 1.29 is 0 Å². The highest BCUT2D eigenvalue weighted by Crippen LogP contribution is 2.30. The fraction of sp³-hybridized carbons (Fsp3) is 1.00. The lowest BCUT2D eigenvalue weighted by atomic mass is 9.82. The third-order valence-corrected chi connectivity index (χ3v) is 4.00. The Labute approximate surface area is 102 Å². The van der Waals surface area contributed by atoms with Gasteiger partial charge in [-0.25, -0.2) is 0 Å². The lowest BCUT2D eigenvalue weighted by Crippen LogP contribution is -2.42. The second-order valence-corrected chi connectivity index (χ2v) is 6.04. The number of nitrogens with zero attached hydrogens (tertiary/aromatic N) is 1. The second kappa shape index (κ2) is 6.61. The van der Waals surface area contributed by atoms with Gasteiger partial charge in [0.2, 0.25) is 0 Å². The number of hydrogen-bond acceptors (Lipinski definition) is 2. The van der Waals surface area contributed by atoms with Crippen molar-refractivity contribution in [3.8, 4) is 0 Å². The summed E-state index contributed by atoms with van der Waals surface area (Å²) >= 11 is 0. The Bertz CT molecular complexity index is 179. The van der Waals surface area contributed by atoms with Gasteiger partial charge in [-0.05, 0) is 64.2 Å². The summed E-state index contributed by atoms with van der Waals surface area (Å²) in [6.45, 7) is 14.3. The molecule has 0 spiro atoms. The molecule has 2 nitrogen and oxygen atoms in total. The van der Waals surface area contributed by atoms with E-state index in [-0.39, 0.29) is 0 Å². The van der Waals surface area contributed by atoms with Crippen LogP contribution in [0.15, 0.2) is 0 Å². The summed E-state index contributed by atoms with van der Waals surface area (Å²) in [4.78, 5) is 2.68. The normalized spacial score (nSPS) is 23.2. The standard InChI is InChI=1S/C14H30N2/c1-5-15-10-6-7-13(2)16-11-8-14(3,4)9-12-16/h13,15H,5-12H2,1-4H3. The van der Waals surface area contributed by atoms with Crippen LogP contribution in [0.1, 0.15) is 53.4 Å². The van der Waals surface area contributed by atoms with E-state index in [9.17, 15) is 0 Å². The van der Waals surface area contributed by atoms with Gasteiger partial charge in [-0.3, -0.25) is 0 Å². The summed E-state index contributed by atoms with van der Waals surface area (Å²) in [5.41, 5.74) is 0.583. The van der Waals surface area contributed by atoms with E-state index in [4.69, 9.17) is 0 Å². The van der Waals surface area contributed by atoms with Crippen LogP contribution in [-0.4, -0.2) is 37.1 Å². The van der Waals surface area contributed by atoms with Gasteiger partial charge < -0.3 is 10.2 Å². The lowest BCUT2D eigenvalue weighted by Gasteiger charge is -2.40. The number of likely N-dealkylation sites (tertiary alicyclic amines) is 1. The van der Waals surface area contributed by atoms with Crippen LogP contribution < -0.4 is 5.32 Å². The minimum Gasteiger partial charge on any atom is -0.317 e. The fourth-order valence-electron chi connectivity index (χ4n) is 2.45. The molecule has 2 heteroatoms. The highest BCUT2D eigenvalue weighted by molar-refractivity contribution is 4.81.